The average molecular weight is 492 g/mol. The van der Waals surface area contributed by atoms with E-state index >= 15 is 0 Å². The number of ether oxygens (including phenoxy) is 1. The fraction of sp³-hybridized carbons (Fsp3) is 0.538. The van der Waals surface area contributed by atoms with Gasteiger partial charge in [-0.2, -0.15) is 65.9 Å². The molecule has 0 heterocycles. The van der Waals surface area contributed by atoms with Gasteiger partial charge in [0.25, 0.3) is 0 Å². The third kappa shape index (κ3) is 3.72. The van der Waals surface area contributed by atoms with Gasteiger partial charge in [-0.25, -0.2) is 0 Å². The van der Waals surface area contributed by atoms with Crippen molar-refractivity contribution < 1.29 is 70.6 Å². The van der Waals surface area contributed by atoms with Crippen LogP contribution in [0.15, 0.2) is 18.2 Å². The average Bonchev–Trinajstić information content (AvgIpc) is 2.55. The third-order valence-corrected chi connectivity index (χ3v) is 3.57. The van der Waals surface area contributed by atoms with Crippen molar-refractivity contribution in [3.63, 3.8) is 0 Å². The van der Waals surface area contributed by atoms with Crippen molar-refractivity contribution in [2.24, 2.45) is 0 Å². The Hall–Kier alpha value is -2.43. The Labute approximate surface area is 160 Å². The van der Waals surface area contributed by atoms with Crippen LogP contribution < -0.4 is 16.2 Å². The number of nitrogen functional groups attached to an aromatic ring is 2. The third-order valence-electron chi connectivity index (χ3n) is 3.57. The summed E-state index contributed by atoms with van der Waals surface area (Å²) in [5, 5.41) is 0. The molecule has 180 valence electrons. The zero-order chi connectivity index (χ0) is 25.1. The highest BCUT2D eigenvalue weighted by molar-refractivity contribution is 5.60. The van der Waals surface area contributed by atoms with E-state index in [0.717, 1.165) is 0 Å². The first-order valence-electron chi connectivity index (χ1n) is 7.06. The van der Waals surface area contributed by atoms with Gasteiger partial charge in [-0.3, -0.25) is 0 Å². The first kappa shape index (κ1) is 26.6. The molecule has 0 fully saturated rings. The van der Waals surface area contributed by atoms with Gasteiger partial charge in [0.15, 0.2) is 0 Å². The predicted octanol–water partition coefficient (Wildman–Crippen LogP) is 5.56. The minimum absolute atomic E-state index is 0.220. The smallest absolute Gasteiger partial charge is 0.426 e. The summed E-state index contributed by atoms with van der Waals surface area (Å²) in [5.41, 5.74) is 8.64. The molecular formula is C13H7F15N2O. The molecule has 0 amide bonds. The van der Waals surface area contributed by atoms with Crippen molar-refractivity contribution in [1.29, 1.82) is 0 Å². The minimum Gasteiger partial charge on any atom is -0.426 e. The van der Waals surface area contributed by atoms with Crippen LogP contribution in [0.5, 0.6) is 5.75 Å². The number of rotatable bonds is 7. The van der Waals surface area contributed by atoms with Crippen LogP contribution in [0.4, 0.5) is 77.2 Å². The second-order valence-electron chi connectivity index (χ2n) is 5.79. The van der Waals surface area contributed by atoms with Crippen LogP contribution in [0.2, 0.25) is 0 Å². The van der Waals surface area contributed by atoms with Gasteiger partial charge in [0, 0.05) is 5.69 Å². The standard InChI is InChI=1S/C13H7F15N2O/c14-7(15,8(16,17)10(20,21)12(24,25)26)9(18,19)11(22,23)13(27,28)31-6-2-1-4(29)3-5(6)30/h1-3H,29-30H2. The number of anilines is 2. The highest BCUT2D eigenvalue weighted by Crippen LogP contribution is 2.62. The molecule has 3 nitrogen and oxygen atoms in total. The summed E-state index contributed by atoms with van der Waals surface area (Å²) in [7, 11) is 0. The Morgan fingerprint density at radius 3 is 1.32 bits per heavy atom. The molecule has 0 aromatic heterocycles. The molecule has 1 aromatic rings. The largest absolute Gasteiger partial charge is 0.471 e. The van der Waals surface area contributed by atoms with Crippen molar-refractivity contribution >= 4 is 11.4 Å². The Morgan fingerprint density at radius 2 is 0.935 bits per heavy atom. The van der Waals surface area contributed by atoms with Crippen molar-refractivity contribution in [2.75, 3.05) is 11.5 Å². The van der Waals surface area contributed by atoms with Crippen LogP contribution in [0.3, 0.4) is 0 Å². The van der Waals surface area contributed by atoms with E-state index in [1.54, 1.807) is 0 Å². The first-order chi connectivity index (χ1) is 13.4. The number of alkyl halides is 15. The summed E-state index contributed by atoms with van der Waals surface area (Å²) < 4.78 is 198. The lowest BCUT2D eigenvalue weighted by molar-refractivity contribution is -0.465. The maximum Gasteiger partial charge on any atom is 0.471 e. The second-order valence-corrected chi connectivity index (χ2v) is 5.79. The highest BCUT2D eigenvalue weighted by atomic mass is 19.4. The van der Waals surface area contributed by atoms with Crippen LogP contribution in [0, 0.1) is 0 Å². The topological polar surface area (TPSA) is 61.3 Å². The maximum absolute atomic E-state index is 13.6. The molecule has 4 N–H and O–H groups in total. The first-order valence-corrected chi connectivity index (χ1v) is 7.06. The molecule has 0 radical (unpaired) electrons. The Balaban J connectivity index is 3.53. The summed E-state index contributed by atoms with van der Waals surface area (Å²) in [6.07, 6.45) is -14.6. The molecule has 0 atom stereocenters. The van der Waals surface area contributed by atoms with Gasteiger partial charge in [0.05, 0.1) is 5.69 Å². The van der Waals surface area contributed by atoms with Crippen molar-refractivity contribution in [2.45, 2.75) is 41.9 Å². The van der Waals surface area contributed by atoms with Crippen molar-refractivity contribution in [3.05, 3.63) is 18.2 Å². The van der Waals surface area contributed by atoms with E-state index in [-0.39, 0.29) is 11.8 Å². The molecule has 0 aliphatic carbocycles. The molecule has 31 heavy (non-hydrogen) atoms. The van der Waals surface area contributed by atoms with Crippen LogP contribution >= 0.6 is 0 Å². The Bertz CT molecular complexity index is 818. The summed E-state index contributed by atoms with van der Waals surface area (Å²) in [5.74, 6) is -42.4. The minimum atomic E-state index is -8.39. The van der Waals surface area contributed by atoms with Gasteiger partial charge in [0.1, 0.15) is 5.75 Å². The normalized spacial score (nSPS) is 15.2. The molecule has 0 saturated carbocycles. The van der Waals surface area contributed by atoms with Crippen LogP contribution in [-0.4, -0.2) is 41.9 Å². The van der Waals surface area contributed by atoms with E-state index < -0.39 is 53.3 Å². The zero-order valence-corrected chi connectivity index (χ0v) is 14.0. The fourth-order valence-corrected chi connectivity index (χ4v) is 1.81. The van der Waals surface area contributed by atoms with Crippen LogP contribution in [-0.2, 0) is 0 Å². The molecule has 18 heteroatoms. The summed E-state index contributed by atoms with van der Waals surface area (Å²) in [6, 6.07) is 1.32. The van der Waals surface area contributed by atoms with Crippen molar-refractivity contribution in [3.8, 4) is 5.75 Å². The lowest BCUT2D eigenvalue weighted by atomic mass is 9.93. The molecule has 0 aliphatic heterocycles. The van der Waals surface area contributed by atoms with Gasteiger partial charge in [-0.05, 0) is 18.2 Å². The molecule has 0 spiro atoms. The lowest BCUT2D eigenvalue weighted by Crippen LogP contribution is -2.73. The summed E-state index contributed by atoms with van der Waals surface area (Å²) >= 11 is 0. The van der Waals surface area contributed by atoms with Gasteiger partial charge in [-0.15, -0.1) is 0 Å². The summed E-state index contributed by atoms with van der Waals surface area (Å²) in [6.45, 7) is 0. The zero-order valence-electron chi connectivity index (χ0n) is 14.0. The lowest BCUT2D eigenvalue weighted by Gasteiger charge is -2.41. The summed E-state index contributed by atoms with van der Waals surface area (Å²) in [4.78, 5) is 0. The van der Waals surface area contributed by atoms with Gasteiger partial charge in [0.2, 0.25) is 0 Å². The van der Waals surface area contributed by atoms with E-state index in [1.165, 1.54) is 0 Å². The van der Waals surface area contributed by atoms with Gasteiger partial charge in [-0.1, -0.05) is 0 Å². The number of halogens is 15. The Morgan fingerprint density at radius 1 is 0.548 bits per heavy atom. The van der Waals surface area contributed by atoms with E-state index in [0.29, 0.717) is 12.1 Å². The SMILES string of the molecule is Nc1ccc(OC(F)(F)C(F)(F)C(F)(F)C(F)(F)C(F)(F)C(F)(F)C(F)(F)F)c(N)c1. The molecule has 0 aliphatic rings. The number of nitrogens with two attached hydrogens (primary N) is 2. The predicted molar refractivity (Wildman–Crippen MR) is 71.6 cm³/mol. The maximum atomic E-state index is 13.6. The van der Waals surface area contributed by atoms with Crippen molar-refractivity contribution in [1.82, 2.24) is 0 Å². The quantitative estimate of drug-likeness (QED) is 0.387. The van der Waals surface area contributed by atoms with E-state index in [2.05, 4.69) is 4.74 Å². The molecule has 1 aromatic carbocycles. The number of hydrogen-bond acceptors (Lipinski definition) is 3. The molecule has 0 unspecified atom stereocenters. The van der Waals surface area contributed by atoms with E-state index in [1.807, 2.05) is 0 Å². The van der Waals surface area contributed by atoms with Crippen LogP contribution in [0.1, 0.15) is 0 Å². The van der Waals surface area contributed by atoms with E-state index in [9.17, 15) is 65.9 Å². The van der Waals surface area contributed by atoms with Crippen LogP contribution in [0.25, 0.3) is 0 Å². The molecule has 0 saturated heterocycles. The Kier molecular flexibility index (Phi) is 6.04. The monoisotopic (exact) mass is 492 g/mol. The second kappa shape index (κ2) is 7.04. The van der Waals surface area contributed by atoms with E-state index in [4.69, 9.17) is 11.5 Å². The number of benzene rings is 1. The molecule has 1 rings (SSSR count). The molecular weight excluding hydrogens is 485 g/mol. The van der Waals surface area contributed by atoms with Gasteiger partial charge < -0.3 is 16.2 Å². The highest BCUT2D eigenvalue weighted by Gasteiger charge is 2.94. The molecule has 0 bridgehead atoms. The van der Waals surface area contributed by atoms with Gasteiger partial charge >= 0.3 is 41.9 Å². The fourth-order valence-electron chi connectivity index (χ4n) is 1.81. The number of hydrogen-bond donors (Lipinski definition) is 2.